The summed E-state index contributed by atoms with van der Waals surface area (Å²) < 4.78 is 27.2. The molecule has 0 amide bonds. The Kier molecular flexibility index (Phi) is 6.01. The highest BCUT2D eigenvalue weighted by molar-refractivity contribution is 7.87. The Morgan fingerprint density at radius 2 is 1.95 bits per heavy atom. The molecule has 21 heavy (non-hydrogen) atoms. The van der Waals surface area contributed by atoms with Crippen molar-refractivity contribution in [2.24, 2.45) is 0 Å². The molecule has 1 aliphatic heterocycles. The molecule has 0 aliphatic carbocycles. The molecule has 0 saturated carbocycles. The monoisotopic (exact) mass is 331 g/mol. The Hall–Kier alpha value is -0.660. The van der Waals surface area contributed by atoms with Crippen LogP contribution < -0.4 is 4.72 Å². The third kappa shape index (κ3) is 4.93. The highest BCUT2D eigenvalue weighted by atomic mass is 35.5. The summed E-state index contributed by atoms with van der Waals surface area (Å²) in [6.45, 7) is 3.67. The maximum absolute atomic E-state index is 11.7. The summed E-state index contributed by atoms with van der Waals surface area (Å²) in [6.07, 6.45) is 2.05. The van der Waals surface area contributed by atoms with Crippen LogP contribution in [0.5, 0.6) is 0 Å². The van der Waals surface area contributed by atoms with Crippen LogP contribution in [-0.2, 0) is 16.6 Å². The molecule has 1 saturated heterocycles. The highest BCUT2D eigenvalue weighted by Crippen LogP contribution is 2.13. The number of halogens is 1. The van der Waals surface area contributed by atoms with E-state index in [-0.39, 0.29) is 0 Å². The number of nitrogens with one attached hydrogen (secondary N) is 1. The fourth-order valence-corrected chi connectivity index (χ4v) is 3.64. The van der Waals surface area contributed by atoms with Crippen LogP contribution in [0.3, 0.4) is 0 Å². The zero-order valence-electron chi connectivity index (χ0n) is 12.3. The predicted octanol–water partition coefficient (Wildman–Crippen LogP) is 1.35. The standard InChI is InChI=1S/C14H22ClN3O2S/c1-16-21(19,20)18-10-8-17(9-11-18)7-3-5-13-4-2-6-14(15)12-13/h2,4,6,12,16H,3,5,7-11H2,1H3. The second-order valence-electron chi connectivity index (χ2n) is 5.18. The van der Waals surface area contributed by atoms with Gasteiger partial charge in [0.15, 0.2) is 0 Å². The van der Waals surface area contributed by atoms with Gasteiger partial charge in [0.2, 0.25) is 0 Å². The van der Waals surface area contributed by atoms with E-state index < -0.39 is 10.2 Å². The molecule has 0 atom stereocenters. The molecule has 1 aromatic rings. The average Bonchev–Trinajstić information content (AvgIpc) is 2.48. The van der Waals surface area contributed by atoms with Gasteiger partial charge in [0.1, 0.15) is 0 Å². The van der Waals surface area contributed by atoms with Crippen molar-refractivity contribution in [2.75, 3.05) is 39.8 Å². The molecule has 1 heterocycles. The van der Waals surface area contributed by atoms with E-state index in [9.17, 15) is 8.42 Å². The first-order valence-corrected chi connectivity index (χ1v) is 8.98. The van der Waals surface area contributed by atoms with Gasteiger partial charge in [-0.25, -0.2) is 4.72 Å². The molecule has 1 aliphatic rings. The summed E-state index contributed by atoms with van der Waals surface area (Å²) in [5, 5.41) is 0.776. The Morgan fingerprint density at radius 1 is 1.24 bits per heavy atom. The second kappa shape index (κ2) is 7.56. The molecule has 2 rings (SSSR count). The number of hydrogen-bond donors (Lipinski definition) is 1. The van der Waals surface area contributed by atoms with Crippen molar-refractivity contribution in [3.8, 4) is 0 Å². The summed E-state index contributed by atoms with van der Waals surface area (Å²) in [5.41, 5.74) is 1.25. The quantitative estimate of drug-likeness (QED) is 0.856. The van der Waals surface area contributed by atoms with E-state index in [2.05, 4.69) is 15.7 Å². The van der Waals surface area contributed by atoms with Crippen molar-refractivity contribution in [2.45, 2.75) is 12.8 Å². The van der Waals surface area contributed by atoms with Gasteiger partial charge in [-0.3, -0.25) is 0 Å². The van der Waals surface area contributed by atoms with Crippen molar-refractivity contribution in [3.63, 3.8) is 0 Å². The molecule has 1 fully saturated rings. The zero-order valence-corrected chi connectivity index (χ0v) is 13.8. The van der Waals surface area contributed by atoms with Crippen LogP contribution in [0.15, 0.2) is 24.3 Å². The molecule has 0 aromatic heterocycles. The van der Waals surface area contributed by atoms with Crippen molar-refractivity contribution >= 4 is 21.8 Å². The molecule has 118 valence electrons. The molecule has 5 nitrogen and oxygen atoms in total. The van der Waals surface area contributed by atoms with Crippen LogP contribution in [0, 0.1) is 0 Å². The smallest absolute Gasteiger partial charge is 0.279 e. The molecule has 0 spiro atoms. The molecule has 0 unspecified atom stereocenters. The SMILES string of the molecule is CNS(=O)(=O)N1CCN(CCCc2cccc(Cl)c2)CC1. The molecule has 7 heteroatoms. The van der Waals surface area contributed by atoms with Crippen LogP contribution >= 0.6 is 11.6 Å². The lowest BCUT2D eigenvalue weighted by Gasteiger charge is -2.33. The molecular weight excluding hydrogens is 310 g/mol. The normalized spacial score (nSPS) is 18.0. The van der Waals surface area contributed by atoms with Gasteiger partial charge in [0.05, 0.1) is 0 Å². The topological polar surface area (TPSA) is 52.7 Å². The largest absolute Gasteiger partial charge is 0.301 e. The van der Waals surface area contributed by atoms with E-state index in [1.165, 1.54) is 16.9 Å². The lowest BCUT2D eigenvalue weighted by atomic mass is 10.1. The third-order valence-corrected chi connectivity index (χ3v) is 5.55. The number of nitrogens with zero attached hydrogens (tertiary/aromatic N) is 2. The van der Waals surface area contributed by atoms with E-state index in [1.54, 1.807) is 0 Å². The van der Waals surface area contributed by atoms with Crippen LogP contribution in [0.2, 0.25) is 5.02 Å². The van der Waals surface area contributed by atoms with Gasteiger partial charge in [0, 0.05) is 38.2 Å². The first kappa shape index (κ1) is 16.7. The maximum atomic E-state index is 11.7. The average molecular weight is 332 g/mol. The minimum absolute atomic E-state index is 0.556. The minimum Gasteiger partial charge on any atom is -0.301 e. The van der Waals surface area contributed by atoms with E-state index in [0.717, 1.165) is 37.5 Å². The van der Waals surface area contributed by atoms with E-state index >= 15 is 0 Å². The minimum atomic E-state index is -3.27. The van der Waals surface area contributed by atoms with Crippen molar-refractivity contribution in [3.05, 3.63) is 34.9 Å². The van der Waals surface area contributed by atoms with Crippen LogP contribution in [0.4, 0.5) is 0 Å². The van der Waals surface area contributed by atoms with Gasteiger partial charge < -0.3 is 4.90 Å². The van der Waals surface area contributed by atoms with Crippen molar-refractivity contribution in [1.29, 1.82) is 0 Å². The van der Waals surface area contributed by atoms with Crippen molar-refractivity contribution < 1.29 is 8.42 Å². The van der Waals surface area contributed by atoms with Crippen LogP contribution in [0.1, 0.15) is 12.0 Å². The van der Waals surface area contributed by atoms with Crippen molar-refractivity contribution in [1.82, 2.24) is 13.9 Å². The van der Waals surface area contributed by atoms with Gasteiger partial charge in [-0.1, -0.05) is 23.7 Å². The van der Waals surface area contributed by atoms with Gasteiger partial charge in [-0.15, -0.1) is 0 Å². The van der Waals surface area contributed by atoms with Gasteiger partial charge >= 0.3 is 0 Å². The van der Waals surface area contributed by atoms with Gasteiger partial charge in [-0.05, 0) is 37.1 Å². The lowest BCUT2D eigenvalue weighted by molar-refractivity contribution is 0.186. The Labute approximate surface area is 132 Å². The fraction of sp³-hybridized carbons (Fsp3) is 0.571. The molecule has 1 N–H and O–H groups in total. The predicted molar refractivity (Wildman–Crippen MR) is 85.8 cm³/mol. The Morgan fingerprint density at radius 3 is 2.57 bits per heavy atom. The summed E-state index contributed by atoms with van der Waals surface area (Å²) in [5.74, 6) is 0. The Bertz CT molecular complexity index is 557. The van der Waals surface area contributed by atoms with Crippen LogP contribution in [-0.4, -0.2) is 57.4 Å². The number of piperazine rings is 1. The molecular formula is C14H22ClN3O2S. The van der Waals surface area contributed by atoms with E-state index in [0.29, 0.717) is 13.1 Å². The highest BCUT2D eigenvalue weighted by Gasteiger charge is 2.25. The number of hydrogen-bond acceptors (Lipinski definition) is 3. The van der Waals surface area contributed by atoms with E-state index in [1.807, 2.05) is 18.2 Å². The lowest BCUT2D eigenvalue weighted by Crippen LogP contribution is -2.51. The first-order valence-electron chi connectivity index (χ1n) is 7.17. The number of aryl methyl sites for hydroxylation is 1. The summed E-state index contributed by atoms with van der Waals surface area (Å²) in [7, 11) is -1.82. The van der Waals surface area contributed by atoms with Gasteiger partial charge in [0.25, 0.3) is 10.2 Å². The summed E-state index contributed by atoms with van der Waals surface area (Å²) in [4.78, 5) is 2.31. The van der Waals surface area contributed by atoms with E-state index in [4.69, 9.17) is 11.6 Å². The fourth-order valence-electron chi connectivity index (χ4n) is 2.52. The molecule has 0 radical (unpaired) electrons. The van der Waals surface area contributed by atoms with Gasteiger partial charge in [-0.2, -0.15) is 12.7 Å². The summed E-state index contributed by atoms with van der Waals surface area (Å²) in [6, 6.07) is 7.94. The number of benzene rings is 1. The number of rotatable bonds is 6. The Balaban J connectivity index is 1.72. The maximum Gasteiger partial charge on any atom is 0.279 e. The zero-order chi connectivity index (χ0) is 15.3. The summed E-state index contributed by atoms with van der Waals surface area (Å²) >= 11 is 5.97. The first-order chi connectivity index (χ1) is 10.0. The van der Waals surface area contributed by atoms with Crippen LogP contribution in [0.25, 0.3) is 0 Å². The molecule has 1 aromatic carbocycles. The third-order valence-electron chi connectivity index (χ3n) is 3.76. The molecule has 0 bridgehead atoms. The second-order valence-corrected chi connectivity index (χ2v) is 7.49.